The summed E-state index contributed by atoms with van der Waals surface area (Å²) in [4.78, 5) is 21.1. The third kappa shape index (κ3) is 4.29. The van der Waals surface area contributed by atoms with Crippen LogP contribution in [0.3, 0.4) is 0 Å². The normalized spacial score (nSPS) is 15.2. The number of fused-ring (bicyclic) bond motifs is 1. The van der Waals surface area contributed by atoms with Gasteiger partial charge in [0.25, 0.3) is 5.91 Å². The monoisotopic (exact) mass is 444 g/mol. The van der Waals surface area contributed by atoms with Crippen LogP contribution in [0.25, 0.3) is 11.3 Å². The van der Waals surface area contributed by atoms with E-state index in [9.17, 15) is 4.79 Å². The van der Waals surface area contributed by atoms with Gasteiger partial charge in [0.1, 0.15) is 17.6 Å². The number of nitrogens with one attached hydrogen (secondary N) is 1. The van der Waals surface area contributed by atoms with Crippen molar-refractivity contribution >= 4 is 29.3 Å². The smallest absolute Gasteiger partial charge is 0.273 e. The van der Waals surface area contributed by atoms with E-state index < -0.39 is 0 Å². The maximum Gasteiger partial charge on any atom is 0.273 e. The minimum absolute atomic E-state index is 0.171. The minimum Gasteiger partial charge on any atom is -0.486 e. The van der Waals surface area contributed by atoms with Gasteiger partial charge in [-0.3, -0.25) is 4.79 Å². The summed E-state index contributed by atoms with van der Waals surface area (Å²) in [5.41, 5.74) is 2.98. The van der Waals surface area contributed by atoms with Crippen LogP contribution in [0.4, 0.5) is 0 Å². The molecule has 0 fully saturated rings. The van der Waals surface area contributed by atoms with Crippen LogP contribution < -0.4 is 10.1 Å². The van der Waals surface area contributed by atoms with Crippen LogP contribution in [0.2, 0.25) is 5.02 Å². The molecule has 7 nitrogen and oxygen atoms in total. The number of aromatic nitrogens is 3. The van der Waals surface area contributed by atoms with E-state index in [1.165, 1.54) is 11.8 Å². The van der Waals surface area contributed by atoms with Crippen LogP contribution in [-0.4, -0.2) is 39.9 Å². The van der Waals surface area contributed by atoms with Gasteiger partial charge in [-0.1, -0.05) is 42.4 Å². The summed E-state index contributed by atoms with van der Waals surface area (Å²) in [7, 11) is 0. The van der Waals surface area contributed by atoms with Gasteiger partial charge in [0, 0.05) is 35.7 Å². The molecule has 1 amide bonds. The molecule has 3 heterocycles. The molecule has 1 N–H and O–H groups in total. The van der Waals surface area contributed by atoms with Crippen molar-refractivity contribution in [3.8, 4) is 17.0 Å². The number of amides is 1. The van der Waals surface area contributed by atoms with Crippen LogP contribution in [0, 0.1) is 0 Å². The largest absolute Gasteiger partial charge is 0.486 e. The first-order valence-electron chi connectivity index (χ1n) is 9.56. The lowest BCUT2D eigenvalue weighted by Gasteiger charge is -2.11. The summed E-state index contributed by atoms with van der Waals surface area (Å²) in [6.07, 6.45) is 4.10. The Labute approximate surface area is 183 Å². The number of carbonyl (C=O) groups is 1. The van der Waals surface area contributed by atoms with Crippen molar-refractivity contribution in [1.29, 1.82) is 0 Å². The van der Waals surface area contributed by atoms with Crippen LogP contribution in [0.1, 0.15) is 41.6 Å². The van der Waals surface area contributed by atoms with E-state index in [0.717, 1.165) is 16.8 Å². The molecular formula is C21H21ClN4O3S. The van der Waals surface area contributed by atoms with Crippen molar-refractivity contribution in [2.24, 2.45) is 0 Å². The van der Waals surface area contributed by atoms with Crippen molar-refractivity contribution in [2.75, 3.05) is 12.8 Å². The van der Waals surface area contributed by atoms with Gasteiger partial charge in [-0.25, -0.2) is 9.97 Å². The molecule has 9 heteroatoms. The van der Waals surface area contributed by atoms with Gasteiger partial charge in [0.05, 0.1) is 17.3 Å². The number of hydrogen-bond donors (Lipinski definition) is 1. The van der Waals surface area contributed by atoms with Gasteiger partial charge in [-0.15, -0.1) is 0 Å². The van der Waals surface area contributed by atoms with E-state index >= 15 is 0 Å². The maximum absolute atomic E-state index is 12.3. The number of benzene rings is 1. The number of thioether (sulfide) groups is 1. The molecule has 1 aliphatic rings. The molecule has 0 radical (unpaired) electrons. The summed E-state index contributed by atoms with van der Waals surface area (Å²) in [6, 6.07) is 7.39. The molecule has 2 aromatic heterocycles. The molecule has 156 valence electrons. The number of ether oxygens (including phenoxy) is 1. The first-order valence-corrected chi connectivity index (χ1v) is 11.2. The quantitative estimate of drug-likeness (QED) is 0.446. The zero-order valence-electron chi connectivity index (χ0n) is 16.8. The Bertz CT molecular complexity index is 1090. The first-order chi connectivity index (χ1) is 14.4. The zero-order chi connectivity index (χ0) is 21.3. The van der Waals surface area contributed by atoms with Crippen LogP contribution in [-0.2, 0) is 6.42 Å². The zero-order valence-corrected chi connectivity index (χ0v) is 18.4. The predicted molar refractivity (Wildman–Crippen MR) is 115 cm³/mol. The molecule has 1 atom stereocenters. The van der Waals surface area contributed by atoms with Crippen molar-refractivity contribution < 1.29 is 14.1 Å². The lowest BCUT2D eigenvalue weighted by Crippen LogP contribution is -2.34. The lowest BCUT2D eigenvalue weighted by molar-refractivity contribution is 0.0924. The van der Waals surface area contributed by atoms with E-state index in [-0.39, 0.29) is 23.6 Å². The second-order valence-corrected chi connectivity index (χ2v) is 8.48. The molecule has 0 bridgehead atoms. The highest BCUT2D eigenvalue weighted by molar-refractivity contribution is 7.98. The molecule has 0 spiro atoms. The second kappa shape index (κ2) is 8.65. The summed E-state index contributed by atoms with van der Waals surface area (Å²) in [5, 5.41) is 7.92. The third-order valence-electron chi connectivity index (χ3n) is 4.78. The Morgan fingerprint density at radius 3 is 2.93 bits per heavy atom. The molecule has 0 saturated heterocycles. The summed E-state index contributed by atoms with van der Waals surface area (Å²) >= 11 is 7.96. The fourth-order valence-electron chi connectivity index (χ4n) is 3.21. The Morgan fingerprint density at radius 1 is 1.37 bits per heavy atom. The first kappa shape index (κ1) is 20.7. The van der Waals surface area contributed by atoms with Crippen molar-refractivity contribution in [3.63, 3.8) is 0 Å². The van der Waals surface area contributed by atoms with E-state index in [1.54, 1.807) is 12.3 Å². The highest BCUT2D eigenvalue weighted by atomic mass is 35.5. The number of hydrogen-bond acceptors (Lipinski definition) is 7. The number of halogens is 1. The Balaban J connectivity index is 1.44. The van der Waals surface area contributed by atoms with Gasteiger partial charge >= 0.3 is 0 Å². The lowest BCUT2D eigenvalue weighted by atomic mass is 10.0. The van der Waals surface area contributed by atoms with Gasteiger partial charge < -0.3 is 14.6 Å². The van der Waals surface area contributed by atoms with E-state index in [0.29, 0.717) is 34.7 Å². The van der Waals surface area contributed by atoms with Crippen molar-refractivity contribution in [3.05, 3.63) is 52.5 Å². The molecule has 30 heavy (non-hydrogen) atoms. The fraction of sp³-hybridized carbons (Fsp3) is 0.333. The predicted octanol–water partition coefficient (Wildman–Crippen LogP) is 4.36. The minimum atomic E-state index is -0.289. The highest BCUT2D eigenvalue weighted by Crippen LogP contribution is 2.39. The molecule has 0 unspecified atom stereocenters. The van der Waals surface area contributed by atoms with E-state index in [1.807, 2.05) is 38.3 Å². The Hall–Kier alpha value is -2.58. The topological polar surface area (TPSA) is 90.1 Å². The number of rotatable bonds is 6. The van der Waals surface area contributed by atoms with Gasteiger partial charge in [0.2, 0.25) is 0 Å². The molecular weight excluding hydrogens is 424 g/mol. The molecule has 4 rings (SSSR count). The third-order valence-corrected chi connectivity index (χ3v) is 5.63. The fourth-order valence-corrected chi connectivity index (χ4v) is 3.85. The average Bonchev–Trinajstić information content (AvgIpc) is 3.39. The van der Waals surface area contributed by atoms with Crippen LogP contribution in [0.5, 0.6) is 5.75 Å². The van der Waals surface area contributed by atoms with E-state index in [2.05, 4.69) is 20.4 Å². The van der Waals surface area contributed by atoms with Crippen LogP contribution >= 0.6 is 23.4 Å². The summed E-state index contributed by atoms with van der Waals surface area (Å²) in [5.74, 6) is 1.22. The second-order valence-electron chi connectivity index (χ2n) is 7.30. The van der Waals surface area contributed by atoms with Crippen molar-refractivity contribution in [1.82, 2.24) is 20.4 Å². The van der Waals surface area contributed by atoms with Gasteiger partial charge in [0.15, 0.2) is 10.9 Å². The summed E-state index contributed by atoms with van der Waals surface area (Å²) in [6.45, 7) is 4.30. The van der Waals surface area contributed by atoms with Gasteiger partial charge in [-0.2, -0.15) is 0 Å². The highest BCUT2D eigenvalue weighted by Gasteiger charge is 2.27. The van der Waals surface area contributed by atoms with Crippen LogP contribution in [0.15, 0.2) is 40.1 Å². The molecule has 3 aromatic rings. The maximum atomic E-state index is 12.3. The molecule has 1 aliphatic heterocycles. The number of nitrogens with zero attached hydrogens (tertiary/aromatic N) is 3. The Kier molecular flexibility index (Phi) is 5.97. The molecule has 1 aromatic carbocycles. The number of carbonyl (C=O) groups excluding carboxylic acids is 1. The van der Waals surface area contributed by atoms with E-state index in [4.69, 9.17) is 20.9 Å². The average molecular weight is 445 g/mol. The summed E-state index contributed by atoms with van der Waals surface area (Å²) < 4.78 is 11.2. The molecule has 0 saturated carbocycles. The standard InChI is InChI=1S/C21H21ClN4O3S/c1-11(2)18-9-17(26-29-18)20(27)24-10-14-7-13-6-12(8-15(22)19(13)28-14)16-4-5-23-21(25-16)30-3/h4-6,8-9,11,14H,7,10H2,1-3H3,(H,24,27)/t14-/m0/s1. The van der Waals surface area contributed by atoms with Crippen molar-refractivity contribution in [2.45, 2.75) is 37.4 Å². The SMILES string of the molecule is CSc1nccc(-c2cc(Cl)c3c(c2)C[C@@H](CNC(=O)c2cc(C(C)C)on2)O3)n1. The van der Waals surface area contributed by atoms with Gasteiger partial charge in [-0.05, 0) is 24.5 Å². The molecule has 0 aliphatic carbocycles. The Morgan fingerprint density at radius 2 is 2.20 bits per heavy atom.